The van der Waals surface area contributed by atoms with E-state index in [0.29, 0.717) is 6.54 Å². The highest BCUT2D eigenvalue weighted by atomic mass is 35.5. The van der Waals surface area contributed by atoms with Crippen LogP contribution >= 0.6 is 11.6 Å². The second-order valence-corrected chi connectivity index (χ2v) is 7.08. The highest BCUT2D eigenvalue weighted by Gasteiger charge is 2.26. The second-order valence-electron chi connectivity index (χ2n) is 6.68. The lowest BCUT2D eigenvalue weighted by molar-refractivity contribution is 0.182. The Labute approximate surface area is 159 Å². The van der Waals surface area contributed by atoms with Gasteiger partial charge in [-0.1, -0.05) is 23.7 Å². The number of aromatic nitrogens is 2. The van der Waals surface area contributed by atoms with E-state index in [1.54, 1.807) is 11.1 Å². The van der Waals surface area contributed by atoms with Gasteiger partial charge in [-0.2, -0.15) is 5.10 Å². The Morgan fingerprint density at radius 3 is 3.00 bits per heavy atom. The normalized spacial score (nSPS) is 17.0. The maximum Gasteiger partial charge on any atom is 0.317 e. The highest BCUT2D eigenvalue weighted by molar-refractivity contribution is 6.31. The summed E-state index contributed by atoms with van der Waals surface area (Å²) in [5.74, 6) is 0.864. The number of hydrogen-bond acceptors (Lipinski definition) is 4. The molecule has 6 nitrogen and oxygen atoms in total. The van der Waals surface area contributed by atoms with E-state index in [9.17, 15) is 4.79 Å². The molecule has 1 unspecified atom stereocenters. The first-order chi connectivity index (χ1) is 12.5. The van der Waals surface area contributed by atoms with Crippen molar-refractivity contribution in [2.75, 3.05) is 25.0 Å². The Bertz CT molecular complexity index is 755. The van der Waals surface area contributed by atoms with Crippen LogP contribution in [0.1, 0.15) is 24.0 Å². The molecule has 1 aromatic carbocycles. The van der Waals surface area contributed by atoms with E-state index < -0.39 is 0 Å². The van der Waals surface area contributed by atoms with Crippen LogP contribution in [-0.4, -0.2) is 47.3 Å². The number of aryl methyl sites for hydroxylation is 1. The van der Waals surface area contributed by atoms with E-state index >= 15 is 0 Å². The van der Waals surface area contributed by atoms with Crippen LogP contribution in [0.15, 0.2) is 36.5 Å². The van der Waals surface area contributed by atoms with Gasteiger partial charge in [-0.25, -0.2) is 4.79 Å². The molecule has 0 aliphatic carbocycles. The SMILES string of the molecule is Cc1cc(CNC(=O)N(C)C2CCCN(c3cccnn3)C2)ccc1Cl. The average molecular weight is 374 g/mol. The number of carbonyl (C=O) groups excluding carboxylic acids is 1. The Hall–Kier alpha value is -2.34. The Kier molecular flexibility index (Phi) is 5.93. The molecule has 138 valence electrons. The lowest BCUT2D eigenvalue weighted by Crippen LogP contribution is -2.51. The second kappa shape index (κ2) is 8.36. The molecule has 3 rings (SSSR count). The van der Waals surface area contributed by atoms with E-state index in [4.69, 9.17) is 11.6 Å². The van der Waals surface area contributed by atoms with Crippen LogP contribution in [0.4, 0.5) is 10.6 Å². The molecule has 0 radical (unpaired) electrons. The molecule has 2 aromatic rings. The van der Waals surface area contributed by atoms with Crippen molar-refractivity contribution in [3.63, 3.8) is 0 Å². The molecular formula is C19H24ClN5O. The first-order valence-corrected chi connectivity index (χ1v) is 9.20. The average Bonchev–Trinajstić information content (AvgIpc) is 2.69. The lowest BCUT2D eigenvalue weighted by atomic mass is 10.0. The molecule has 1 atom stereocenters. The Morgan fingerprint density at radius 2 is 2.27 bits per heavy atom. The van der Waals surface area contributed by atoms with E-state index in [2.05, 4.69) is 20.4 Å². The van der Waals surface area contributed by atoms with Crippen molar-refractivity contribution in [1.29, 1.82) is 0 Å². The van der Waals surface area contributed by atoms with Crippen molar-refractivity contribution in [3.05, 3.63) is 52.7 Å². The third-order valence-electron chi connectivity index (χ3n) is 4.81. The van der Waals surface area contributed by atoms with Crippen LogP contribution in [0.3, 0.4) is 0 Å². The first kappa shape index (κ1) is 18.5. The van der Waals surface area contributed by atoms with Gasteiger partial charge in [0.2, 0.25) is 0 Å². The number of halogens is 1. The Balaban J connectivity index is 1.56. The summed E-state index contributed by atoms with van der Waals surface area (Å²) in [7, 11) is 1.85. The highest BCUT2D eigenvalue weighted by Crippen LogP contribution is 2.20. The van der Waals surface area contributed by atoms with Crippen molar-refractivity contribution < 1.29 is 4.79 Å². The molecule has 1 aliphatic heterocycles. The fraction of sp³-hybridized carbons (Fsp3) is 0.421. The van der Waals surface area contributed by atoms with Crippen LogP contribution in [0.2, 0.25) is 5.02 Å². The predicted molar refractivity (Wildman–Crippen MR) is 103 cm³/mol. The molecule has 1 fully saturated rings. The zero-order chi connectivity index (χ0) is 18.5. The third-order valence-corrected chi connectivity index (χ3v) is 5.24. The number of amides is 2. The van der Waals surface area contributed by atoms with E-state index in [-0.39, 0.29) is 12.1 Å². The largest absolute Gasteiger partial charge is 0.353 e. The molecule has 1 aromatic heterocycles. The zero-order valence-corrected chi connectivity index (χ0v) is 15.9. The number of anilines is 1. The number of rotatable bonds is 4. The Morgan fingerprint density at radius 1 is 1.42 bits per heavy atom. The molecule has 2 heterocycles. The summed E-state index contributed by atoms with van der Waals surface area (Å²) >= 11 is 6.05. The number of carbonyl (C=O) groups is 1. The standard InChI is InChI=1S/C19H24ClN5O/c1-14-11-15(7-8-17(14)20)12-21-19(26)24(2)16-5-4-10-25(13-16)18-6-3-9-22-23-18/h3,6-9,11,16H,4-5,10,12-13H2,1-2H3,(H,21,26). The number of urea groups is 1. The minimum Gasteiger partial charge on any atom is -0.353 e. The van der Waals surface area contributed by atoms with Gasteiger partial charge in [0, 0.05) is 37.9 Å². The molecule has 1 aliphatic rings. The van der Waals surface area contributed by atoms with Gasteiger partial charge >= 0.3 is 6.03 Å². The van der Waals surface area contributed by atoms with Gasteiger partial charge in [-0.05, 0) is 49.1 Å². The summed E-state index contributed by atoms with van der Waals surface area (Å²) in [6.07, 6.45) is 3.68. The van der Waals surface area contributed by atoms with Crippen LogP contribution < -0.4 is 10.2 Å². The van der Waals surface area contributed by atoms with Crippen LogP contribution in [0.25, 0.3) is 0 Å². The summed E-state index contributed by atoms with van der Waals surface area (Å²) in [6.45, 7) is 4.15. The van der Waals surface area contributed by atoms with Crippen molar-refractivity contribution in [2.24, 2.45) is 0 Å². The zero-order valence-electron chi connectivity index (χ0n) is 15.2. The molecule has 7 heteroatoms. The summed E-state index contributed by atoms with van der Waals surface area (Å²) in [4.78, 5) is 16.5. The topological polar surface area (TPSA) is 61.4 Å². The van der Waals surface area contributed by atoms with Crippen molar-refractivity contribution in [2.45, 2.75) is 32.4 Å². The molecule has 1 saturated heterocycles. The van der Waals surface area contributed by atoms with Crippen LogP contribution in [0.5, 0.6) is 0 Å². The number of nitrogens with zero attached hydrogens (tertiary/aromatic N) is 4. The number of nitrogens with one attached hydrogen (secondary N) is 1. The quantitative estimate of drug-likeness (QED) is 0.893. The van der Waals surface area contributed by atoms with Crippen molar-refractivity contribution in [1.82, 2.24) is 20.4 Å². The van der Waals surface area contributed by atoms with Gasteiger partial charge in [0.15, 0.2) is 5.82 Å². The summed E-state index contributed by atoms with van der Waals surface area (Å²) in [5, 5.41) is 11.9. The monoisotopic (exact) mass is 373 g/mol. The van der Waals surface area contributed by atoms with Gasteiger partial charge in [-0.15, -0.1) is 5.10 Å². The molecular weight excluding hydrogens is 350 g/mol. The fourth-order valence-corrected chi connectivity index (χ4v) is 3.34. The van der Waals surface area contributed by atoms with Crippen LogP contribution in [-0.2, 0) is 6.54 Å². The van der Waals surface area contributed by atoms with Crippen molar-refractivity contribution >= 4 is 23.4 Å². The molecule has 0 spiro atoms. The smallest absolute Gasteiger partial charge is 0.317 e. The van der Waals surface area contributed by atoms with Gasteiger partial charge in [0.1, 0.15) is 0 Å². The number of likely N-dealkylation sites (N-methyl/N-ethyl adjacent to an activating group) is 1. The minimum atomic E-state index is -0.0661. The molecule has 0 bridgehead atoms. The van der Waals surface area contributed by atoms with Crippen LogP contribution in [0, 0.1) is 6.92 Å². The van der Waals surface area contributed by atoms with E-state index in [1.165, 1.54) is 0 Å². The maximum absolute atomic E-state index is 12.6. The summed E-state index contributed by atoms with van der Waals surface area (Å²) in [5.41, 5.74) is 2.05. The van der Waals surface area contributed by atoms with Gasteiger partial charge in [0.05, 0.1) is 6.04 Å². The maximum atomic E-state index is 12.6. The molecule has 0 saturated carbocycles. The molecule has 26 heavy (non-hydrogen) atoms. The van der Waals surface area contributed by atoms with Gasteiger partial charge in [-0.3, -0.25) is 0 Å². The number of hydrogen-bond donors (Lipinski definition) is 1. The summed E-state index contributed by atoms with van der Waals surface area (Å²) in [6, 6.07) is 9.73. The third kappa shape index (κ3) is 4.43. The summed E-state index contributed by atoms with van der Waals surface area (Å²) < 4.78 is 0. The minimum absolute atomic E-state index is 0.0661. The predicted octanol–water partition coefficient (Wildman–Crippen LogP) is 3.25. The molecule has 2 amide bonds. The van der Waals surface area contributed by atoms with Gasteiger partial charge < -0.3 is 15.1 Å². The lowest BCUT2D eigenvalue weighted by Gasteiger charge is -2.37. The van der Waals surface area contributed by atoms with Gasteiger partial charge in [0.25, 0.3) is 0 Å². The first-order valence-electron chi connectivity index (χ1n) is 8.83. The van der Waals surface area contributed by atoms with E-state index in [1.807, 2.05) is 44.3 Å². The number of benzene rings is 1. The van der Waals surface area contributed by atoms with E-state index in [0.717, 1.165) is 47.9 Å². The fourth-order valence-electron chi connectivity index (χ4n) is 3.23. The number of piperidine rings is 1. The van der Waals surface area contributed by atoms with Crippen molar-refractivity contribution in [3.8, 4) is 0 Å². The molecule has 1 N–H and O–H groups in total.